The quantitative estimate of drug-likeness (QED) is 0.721. The summed E-state index contributed by atoms with van der Waals surface area (Å²) in [4.78, 5) is 2.33. The lowest BCUT2D eigenvalue weighted by atomic mass is 10.2. The maximum absolute atomic E-state index is 9.55. The molecule has 0 aromatic carbocycles. The number of aliphatic hydroxyl groups excluding tert-OH is 1. The number of hydrogen-bond acceptors (Lipinski definition) is 4. The number of hydrogen-bond donors (Lipinski definition) is 1. The van der Waals surface area contributed by atoms with Gasteiger partial charge in [-0.05, 0) is 6.92 Å². The SMILES string of the molecule is COCC(O)CN1CCSCC1C. The van der Waals surface area contributed by atoms with Crippen LogP contribution in [-0.4, -0.2) is 60.5 Å². The van der Waals surface area contributed by atoms with Gasteiger partial charge in [-0.3, -0.25) is 4.90 Å². The molecule has 4 heteroatoms. The van der Waals surface area contributed by atoms with Crippen LogP contribution in [-0.2, 0) is 4.74 Å². The summed E-state index contributed by atoms with van der Waals surface area (Å²) in [5.74, 6) is 2.36. The summed E-state index contributed by atoms with van der Waals surface area (Å²) in [6, 6.07) is 0.588. The number of methoxy groups -OCH3 is 1. The first-order valence-corrected chi connectivity index (χ1v) is 5.88. The van der Waals surface area contributed by atoms with E-state index in [1.165, 1.54) is 11.5 Å². The van der Waals surface area contributed by atoms with Crippen molar-refractivity contribution in [3.05, 3.63) is 0 Å². The molecule has 0 amide bonds. The van der Waals surface area contributed by atoms with E-state index in [0.29, 0.717) is 12.6 Å². The van der Waals surface area contributed by atoms with Gasteiger partial charge in [0.2, 0.25) is 0 Å². The number of thioether (sulfide) groups is 1. The van der Waals surface area contributed by atoms with Crippen LogP contribution in [0.3, 0.4) is 0 Å². The lowest BCUT2D eigenvalue weighted by Gasteiger charge is -2.34. The molecule has 2 atom stereocenters. The zero-order chi connectivity index (χ0) is 9.68. The first-order chi connectivity index (χ1) is 6.24. The molecule has 3 nitrogen and oxygen atoms in total. The molecule has 0 spiro atoms. The number of ether oxygens (including phenoxy) is 1. The summed E-state index contributed by atoms with van der Waals surface area (Å²) in [5.41, 5.74) is 0. The molecule has 0 saturated carbocycles. The van der Waals surface area contributed by atoms with Crippen LogP contribution in [0.2, 0.25) is 0 Å². The van der Waals surface area contributed by atoms with Crippen molar-refractivity contribution in [3.63, 3.8) is 0 Å². The highest BCUT2D eigenvalue weighted by Gasteiger charge is 2.20. The van der Waals surface area contributed by atoms with Crippen LogP contribution in [0.4, 0.5) is 0 Å². The first kappa shape index (κ1) is 11.3. The fraction of sp³-hybridized carbons (Fsp3) is 1.00. The Labute approximate surface area is 84.4 Å². The molecule has 78 valence electrons. The van der Waals surface area contributed by atoms with Crippen LogP contribution < -0.4 is 0 Å². The van der Waals surface area contributed by atoms with Crippen molar-refractivity contribution in [1.82, 2.24) is 4.90 Å². The van der Waals surface area contributed by atoms with Crippen molar-refractivity contribution in [3.8, 4) is 0 Å². The summed E-state index contributed by atoms with van der Waals surface area (Å²) in [5, 5.41) is 9.55. The third-order valence-corrected chi connectivity index (χ3v) is 3.50. The highest BCUT2D eigenvalue weighted by atomic mass is 32.2. The van der Waals surface area contributed by atoms with E-state index in [-0.39, 0.29) is 6.10 Å². The smallest absolute Gasteiger partial charge is 0.0900 e. The van der Waals surface area contributed by atoms with Gasteiger partial charge in [-0.15, -0.1) is 0 Å². The average Bonchev–Trinajstić information content (AvgIpc) is 2.09. The van der Waals surface area contributed by atoms with Gasteiger partial charge in [0.05, 0.1) is 12.7 Å². The third kappa shape index (κ3) is 3.85. The monoisotopic (exact) mass is 205 g/mol. The second kappa shape index (κ2) is 5.86. The number of rotatable bonds is 4. The molecular weight excluding hydrogens is 186 g/mol. The Morgan fingerprint density at radius 1 is 1.69 bits per heavy atom. The largest absolute Gasteiger partial charge is 0.389 e. The topological polar surface area (TPSA) is 32.7 Å². The summed E-state index contributed by atoms with van der Waals surface area (Å²) < 4.78 is 4.90. The fourth-order valence-electron chi connectivity index (χ4n) is 1.55. The second-order valence-electron chi connectivity index (χ2n) is 3.53. The maximum atomic E-state index is 9.55. The zero-order valence-electron chi connectivity index (χ0n) is 8.40. The van der Waals surface area contributed by atoms with Gasteiger partial charge in [-0.25, -0.2) is 0 Å². The van der Waals surface area contributed by atoms with Crippen molar-refractivity contribution in [1.29, 1.82) is 0 Å². The molecule has 1 saturated heterocycles. The molecule has 0 bridgehead atoms. The molecule has 0 aromatic rings. The highest BCUT2D eigenvalue weighted by molar-refractivity contribution is 7.99. The minimum atomic E-state index is -0.337. The third-order valence-electron chi connectivity index (χ3n) is 2.31. The first-order valence-electron chi connectivity index (χ1n) is 4.73. The molecule has 1 aliphatic heterocycles. The summed E-state index contributed by atoms with van der Waals surface area (Å²) in [6.45, 7) is 4.49. The van der Waals surface area contributed by atoms with Gasteiger partial charge in [0, 0.05) is 37.7 Å². The number of nitrogens with zero attached hydrogens (tertiary/aromatic N) is 1. The van der Waals surface area contributed by atoms with E-state index in [9.17, 15) is 5.11 Å². The van der Waals surface area contributed by atoms with Gasteiger partial charge in [0.1, 0.15) is 0 Å². The van der Waals surface area contributed by atoms with E-state index in [1.807, 2.05) is 11.8 Å². The van der Waals surface area contributed by atoms with Crippen molar-refractivity contribution >= 4 is 11.8 Å². The Bertz CT molecular complexity index is 146. The van der Waals surface area contributed by atoms with E-state index in [1.54, 1.807) is 7.11 Å². The molecule has 1 aliphatic rings. The molecule has 1 rings (SSSR count). The molecule has 1 N–H and O–H groups in total. The lowest BCUT2D eigenvalue weighted by Crippen LogP contribution is -2.45. The number of β-amino-alcohol motifs (C(OH)–C–C–N with tert-alkyl or cyclic N) is 1. The van der Waals surface area contributed by atoms with Gasteiger partial charge in [-0.1, -0.05) is 0 Å². The lowest BCUT2D eigenvalue weighted by molar-refractivity contribution is 0.0317. The van der Waals surface area contributed by atoms with Gasteiger partial charge >= 0.3 is 0 Å². The molecular formula is C9H19NO2S. The second-order valence-corrected chi connectivity index (χ2v) is 4.68. The van der Waals surface area contributed by atoms with Gasteiger partial charge < -0.3 is 9.84 Å². The van der Waals surface area contributed by atoms with E-state index in [2.05, 4.69) is 11.8 Å². The average molecular weight is 205 g/mol. The van der Waals surface area contributed by atoms with Crippen LogP contribution in [0, 0.1) is 0 Å². The minimum Gasteiger partial charge on any atom is -0.389 e. The minimum absolute atomic E-state index is 0.337. The predicted octanol–water partition coefficient (Wildman–Crippen LogP) is 0.431. The van der Waals surface area contributed by atoms with Gasteiger partial charge in [-0.2, -0.15) is 11.8 Å². The normalized spacial score (nSPS) is 27.5. The van der Waals surface area contributed by atoms with Gasteiger partial charge in [0.25, 0.3) is 0 Å². The van der Waals surface area contributed by atoms with Crippen LogP contribution >= 0.6 is 11.8 Å². The van der Waals surface area contributed by atoms with E-state index >= 15 is 0 Å². The summed E-state index contributed by atoms with van der Waals surface area (Å²) >= 11 is 1.99. The van der Waals surface area contributed by atoms with Gasteiger partial charge in [0.15, 0.2) is 0 Å². The van der Waals surface area contributed by atoms with Crippen LogP contribution in [0.1, 0.15) is 6.92 Å². The van der Waals surface area contributed by atoms with Crippen LogP contribution in [0.25, 0.3) is 0 Å². The standard InChI is InChI=1S/C9H19NO2S/c1-8-7-13-4-3-10(8)5-9(11)6-12-2/h8-9,11H,3-7H2,1-2H3. The Balaban J connectivity index is 2.25. The Kier molecular flexibility index (Phi) is 5.09. The molecule has 0 aliphatic carbocycles. The van der Waals surface area contributed by atoms with Crippen molar-refractivity contribution in [2.24, 2.45) is 0 Å². The van der Waals surface area contributed by atoms with E-state index in [4.69, 9.17) is 4.74 Å². The molecule has 1 heterocycles. The Hall–Kier alpha value is 0.230. The summed E-state index contributed by atoms with van der Waals surface area (Å²) in [6.07, 6.45) is -0.337. The van der Waals surface area contributed by atoms with Crippen molar-refractivity contribution in [2.45, 2.75) is 19.1 Å². The maximum Gasteiger partial charge on any atom is 0.0900 e. The zero-order valence-corrected chi connectivity index (χ0v) is 9.22. The van der Waals surface area contributed by atoms with Crippen molar-refractivity contribution in [2.75, 3.05) is 38.3 Å². The molecule has 0 aromatic heterocycles. The molecule has 0 radical (unpaired) electrons. The van der Waals surface area contributed by atoms with E-state index in [0.717, 1.165) is 13.1 Å². The number of aliphatic hydroxyl groups is 1. The Morgan fingerprint density at radius 2 is 2.46 bits per heavy atom. The summed E-state index contributed by atoms with van der Waals surface area (Å²) in [7, 11) is 1.62. The molecule has 13 heavy (non-hydrogen) atoms. The Morgan fingerprint density at radius 3 is 3.08 bits per heavy atom. The van der Waals surface area contributed by atoms with Crippen LogP contribution in [0.15, 0.2) is 0 Å². The predicted molar refractivity (Wildman–Crippen MR) is 56.2 cm³/mol. The highest BCUT2D eigenvalue weighted by Crippen LogP contribution is 2.15. The molecule has 1 fully saturated rings. The van der Waals surface area contributed by atoms with Crippen LogP contribution in [0.5, 0.6) is 0 Å². The fourth-order valence-corrected chi connectivity index (χ4v) is 2.63. The van der Waals surface area contributed by atoms with E-state index < -0.39 is 0 Å². The van der Waals surface area contributed by atoms with Crippen molar-refractivity contribution < 1.29 is 9.84 Å². The molecule has 2 unspecified atom stereocenters.